The molecule has 0 saturated heterocycles. The number of amides is 1. The molecule has 5 heteroatoms. The first-order valence-corrected chi connectivity index (χ1v) is 5.82. The van der Waals surface area contributed by atoms with E-state index >= 15 is 0 Å². The highest BCUT2D eigenvalue weighted by molar-refractivity contribution is 5.76. The van der Waals surface area contributed by atoms with Crippen molar-refractivity contribution in [2.24, 2.45) is 11.7 Å². The van der Waals surface area contributed by atoms with Crippen LogP contribution in [0.25, 0.3) is 0 Å². The Kier molecular flexibility index (Phi) is 5.45. The summed E-state index contributed by atoms with van der Waals surface area (Å²) in [6.07, 6.45) is 0. The summed E-state index contributed by atoms with van der Waals surface area (Å²) in [7, 11) is 3.46. The van der Waals surface area contributed by atoms with Gasteiger partial charge in [0.1, 0.15) is 0 Å². The van der Waals surface area contributed by atoms with Crippen molar-refractivity contribution in [2.45, 2.75) is 13.5 Å². The van der Waals surface area contributed by atoms with Crippen LogP contribution in [0.4, 0.5) is 0 Å². The van der Waals surface area contributed by atoms with Crippen LogP contribution in [0.3, 0.4) is 0 Å². The first-order chi connectivity index (χ1) is 8.58. The zero-order valence-electron chi connectivity index (χ0n) is 11.0. The summed E-state index contributed by atoms with van der Waals surface area (Å²) in [5.74, 6) is 0.563. The highest BCUT2D eigenvalue weighted by Gasteiger charge is 2.12. The molecule has 0 fully saturated rings. The van der Waals surface area contributed by atoms with Crippen molar-refractivity contribution in [3.05, 3.63) is 23.8 Å². The number of carbonyl (C=O) groups excluding carboxylic acids is 1. The van der Waals surface area contributed by atoms with Crippen molar-refractivity contribution in [3.8, 4) is 11.5 Å². The molecule has 0 aliphatic heterocycles. The van der Waals surface area contributed by atoms with Gasteiger partial charge in [-0.15, -0.1) is 0 Å². The highest BCUT2D eigenvalue weighted by Crippen LogP contribution is 2.28. The van der Waals surface area contributed by atoms with Gasteiger partial charge in [-0.3, -0.25) is 4.79 Å². The van der Waals surface area contributed by atoms with Gasteiger partial charge in [0.05, 0.1) is 19.6 Å². The van der Waals surface area contributed by atoms with Crippen molar-refractivity contribution < 1.29 is 14.3 Å². The molecule has 0 bridgehead atoms. The molecule has 0 aliphatic carbocycles. The molecular formula is C13H20N2O3. The summed E-state index contributed by atoms with van der Waals surface area (Å²) in [5.41, 5.74) is 6.27. The average molecular weight is 252 g/mol. The third-order valence-corrected chi connectivity index (χ3v) is 2.58. The molecule has 1 amide bonds. The average Bonchev–Trinajstić information content (AvgIpc) is 2.36. The summed E-state index contributed by atoms with van der Waals surface area (Å²) in [4.78, 5) is 10.9. The van der Waals surface area contributed by atoms with E-state index in [1.165, 1.54) is 0 Å². The molecule has 0 spiro atoms. The monoisotopic (exact) mass is 252 g/mol. The van der Waals surface area contributed by atoms with Gasteiger partial charge in [-0.1, -0.05) is 13.0 Å². The van der Waals surface area contributed by atoms with Gasteiger partial charge in [-0.25, -0.2) is 0 Å². The number of hydrogen-bond acceptors (Lipinski definition) is 4. The maximum atomic E-state index is 10.9. The molecule has 0 aromatic heterocycles. The fourth-order valence-corrected chi connectivity index (χ4v) is 1.44. The van der Waals surface area contributed by atoms with E-state index in [2.05, 4.69) is 5.32 Å². The largest absolute Gasteiger partial charge is 0.493 e. The van der Waals surface area contributed by atoms with E-state index in [0.717, 1.165) is 12.1 Å². The fraction of sp³-hybridized carbons (Fsp3) is 0.462. The summed E-state index contributed by atoms with van der Waals surface area (Å²) >= 11 is 0. The van der Waals surface area contributed by atoms with Crippen LogP contribution in [0.5, 0.6) is 11.5 Å². The summed E-state index contributed by atoms with van der Waals surface area (Å²) in [6, 6.07) is 5.69. The predicted octanol–water partition coefficient (Wildman–Crippen LogP) is 0.915. The number of nitrogens with two attached hydrogens (primary N) is 1. The minimum atomic E-state index is -0.375. The SMILES string of the molecule is CNCc1ccc(OC)c(OCC(C)C(N)=O)c1. The van der Waals surface area contributed by atoms with E-state index < -0.39 is 0 Å². The van der Waals surface area contributed by atoms with Gasteiger partial charge >= 0.3 is 0 Å². The molecule has 1 aromatic rings. The lowest BCUT2D eigenvalue weighted by Gasteiger charge is -2.14. The van der Waals surface area contributed by atoms with E-state index in [1.54, 1.807) is 14.0 Å². The Hall–Kier alpha value is -1.75. The number of carbonyl (C=O) groups is 1. The lowest BCUT2D eigenvalue weighted by molar-refractivity contribution is -0.122. The molecule has 100 valence electrons. The van der Waals surface area contributed by atoms with Crippen molar-refractivity contribution >= 4 is 5.91 Å². The number of benzene rings is 1. The Bertz CT molecular complexity index is 407. The van der Waals surface area contributed by atoms with Crippen LogP contribution >= 0.6 is 0 Å². The second-order valence-corrected chi connectivity index (χ2v) is 4.13. The van der Waals surface area contributed by atoms with E-state index in [1.807, 2.05) is 25.2 Å². The maximum absolute atomic E-state index is 10.9. The number of methoxy groups -OCH3 is 1. The molecule has 1 rings (SSSR count). The normalized spacial score (nSPS) is 11.9. The van der Waals surface area contributed by atoms with Crippen LogP contribution in [-0.2, 0) is 11.3 Å². The molecule has 1 unspecified atom stereocenters. The maximum Gasteiger partial charge on any atom is 0.223 e. The van der Waals surface area contributed by atoms with E-state index in [4.69, 9.17) is 15.2 Å². The minimum Gasteiger partial charge on any atom is -0.493 e. The standard InChI is InChI=1S/C13H20N2O3/c1-9(13(14)16)8-18-12-6-10(7-15-2)4-5-11(12)17-3/h4-6,9,15H,7-8H2,1-3H3,(H2,14,16). The Balaban J connectivity index is 2.77. The van der Waals surface area contributed by atoms with Gasteiger partial charge in [0.15, 0.2) is 11.5 Å². The molecule has 0 radical (unpaired) electrons. The lowest BCUT2D eigenvalue weighted by atomic mass is 10.2. The molecule has 5 nitrogen and oxygen atoms in total. The molecule has 3 N–H and O–H groups in total. The minimum absolute atomic E-state index is 0.245. The predicted molar refractivity (Wildman–Crippen MR) is 69.6 cm³/mol. The van der Waals surface area contributed by atoms with Gasteiger partial charge in [0, 0.05) is 6.54 Å². The van der Waals surface area contributed by atoms with E-state index in [9.17, 15) is 4.79 Å². The van der Waals surface area contributed by atoms with Crippen molar-refractivity contribution in [2.75, 3.05) is 20.8 Å². The molecule has 0 saturated carbocycles. The van der Waals surface area contributed by atoms with Crippen molar-refractivity contribution in [1.29, 1.82) is 0 Å². The Morgan fingerprint density at radius 1 is 1.44 bits per heavy atom. The first kappa shape index (κ1) is 14.3. The molecular weight excluding hydrogens is 232 g/mol. The zero-order chi connectivity index (χ0) is 13.5. The highest BCUT2D eigenvalue weighted by atomic mass is 16.5. The fourth-order valence-electron chi connectivity index (χ4n) is 1.44. The second kappa shape index (κ2) is 6.86. The van der Waals surface area contributed by atoms with Crippen LogP contribution in [0, 0.1) is 5.92 Å². The van der Waals surface area contributed by atoms with E-state index in [-0.39, 0.29) is 18.4 Å². The molecule has 1 aromatic carbocycles. The molecule has 0 aliphatic rings. The Morgan fingerprint density at radius 3 is 2.72 bits per heavy atom. The summed E-state index contributed by atoms with van der Waals surface area (Å²) in [6.45, 7) is 2.71. The van der Waals surface area contributed by atoms with E-state index in [0.29, 0.717) is 11.5 Å². The third-order valence-electron chi connectivity index (χ3n) is 2.58. The summed E-state index contributed by atoms with van der Waals surface area (Å²) < 4.78 is 10.8. The van der Waals surface area contributed by atoms with Gasteiger partial charge in [-0.05, 0) is 24.7 Å². The number of hydrogen-bond donors (Lipinski definition) is 2. The van der Waals surface area contributed by atoms with Crippen molar-refractivity contribution in [3.63, 3.8) is 0 Å². The van der Waals surface area contributed by atoms with Gasteiger partial charge in [0.2, 0.25) is 5.91 Å². The number of ether oxygens (including phenoxy) is 2. The number of rotatable bonds is 7. The zero-order valence-corrected chi connectivity index (χ0v) is 11.0. The molecule has 18 heavy (non-hydrogen) atoms. The van der Waals surface area contributed by atoms with Crippen LogP contribution in [0.2, 0.25) is 0 Å². The quantitative estimate of drug-likeness (QED) is 0.756. The van der Waals surface area contributed by atoms with Crippen molar-refractivity contribution in [1.82, 2.24) is 5.32 Å². The summed E-state index contributed by atoms with van der Waals surface area (Å²) in [5, 5.41) is 3.06. The van der Waals surface area contributed by atoms with Crippen LogP contribution in [0.15, 0.2) is 18.2 Å². The first-order valence-electron chi connectivity index (χ1n) is 5.82. The van der Waals surface area contributed by atoms with Gasteiger partial charge in [-0.2, -0.15) is 0 Å². The van der Waals surface area contributed by atoms with Gasteiger partial charge in [0.25, 0.3) is 0 Å². The smallest absolute Gasteiger partial charge is 0.223 e. The Morgan fingerprint density at radius 2 is 2.17 bits per heavy atom. The van der Waals surface area contributed by atoms with Crippen LogP contribution in [-0.4, -0.2) is 26.7 Å². The topological polar surface area (TPSA) is 73.6 Å². The lowest BCUT2D eigenvalue weighted by Crippen LogP contribution is -2.25. The van der Waals surface area contributed by atoms with Crippen LogP contribution in [0.1, 0.15) is 12.5 Å². The van der Waals surface area contributed by atoms with Gasteiger partial charge < -0.3 is 20.5 Å². The second-order valence-electron chi connectivity index (χ2n) is 4.13. The molecule has 0 heterocycles. The third kappa shape index (κ3) is 3.92. The molecule has 1 atom stereocenters. The Labute approximate surface area is 107 Å². The number of nitrogens with one attached hydrogen (secondary N) is 1. The van der Waals surface area contributed by atoms with Crippen LogP contribution < -0.4 is 20.5 Å². The number of primary amides is 1.